The van der Waals surface area contributed by atoms with Crippen molar-refractivity contribution >= 4 is 5.91 Å². The van der Waals surface area contributed by atoms with Gasteiger partial charge < -0.3 is 4.90 Å². The standard InChI is InChI=1S/C18H15FN4O/c19-15-6-4-13(5-7-15)17-8-9-23(17)18(24)14-2-1-3-16(10-14)22-11-20-21-12-22/h1-7,10-12,17H,8-9H2/t17-/m1/s1. The molecule has 1 aliphatic rings. The highest BCUT2D eigenvalue weighted by Gasteiger charge is 2.33. The number of halogens is 1. The second-order valence-corrected chi connectivity index (χ2v) is 5.77. The van der Waals surface area contributed by atoms with Crippen LogP contribution in [0.25, 0.3) is 5.69 Å². The maximum Gasteiger partial charge on any atom is 0.254 e. The molecule has 0 spiro atoms. The van der Waals surface area contributed by atoms with Crippen molar-refractivity contribution in [2.75, 3.05) is 6.54 Å². The van der Waals surface area contributed by atoms with Crippen LogP contribution in [-0.4, -0.2) is 32.1 Å². The fraction of sp³-hybridized carbons (Fsp3) is 0.167. The molecule has 0 bridgehead atoms. The fourth-order valence-corrected chi connectivity index (χ4v) is 2.96. The molecule has 0 unspecified atom stereocenters. The Morgan fingerprint density at radius 2 is 1.83 bits per heavy atom. The summed E-state index contributed by atoms with van der Waals surface area (Å²) in [6, 6.07) is 13.7. The Balaban J connectivity index is 1.58. The Hall–Kier alpha value is -3.02. The maximum absolute atomic E-state index is 13.1. The summed E-state index contributed by atoms with van der Waals surface area (Å²) in [5.41, 5.74) is 2.42. The van der Waals surface area contributed by atoms with Gasteiger partial charge in [0.25, 0.3) is 5.91 Å². The van der Waals surface area contributed by atoms with Crippen molar-refractivity contribution in [3.05, 3.63) is 78.1 Å². The molecule has 3 aromatic rings. The zero-order valence-corrected chi connectivity index (χ0v) is 12.8. The molecule has 6 heteroatoms. The van der Waals surface area contributed by atoms with Gasteiger partial charge in [-0.25, -0.2) is 4.39 Å². The van der Waals surface area contributed by atoms with Gasteiger partial charge in [-0.15, -0.1) is 10.2 Å². The monoisotopic (exact) mass is 322 g/mol. The molecule has 0 aliphatic carbocycles. The molecule has 0 radical (unpaired) electrons. The quantitative estimate of drug-likeness (QED) is 0.745. The average Bonchev–Trinajstić information content (AvgIpc) is 3.10. The summed E-state index contributed by atoms with van der Waals surface area (Å²) in [7, 11) is 0. The van der Waals surface area contributed by atoms with Crippen molar-refractivity contribution in [1.29, 1.82) is 0 Å². The second kappa shape index (κ2) is 5.88. The highest BCUT2D eigenvalue weighted by Crippen LogP contribution is 2.34. The Kier molecular flexibility index (Phi) is 3.57. The number of hydrogen-bond donors (Lipinski definition) is 0. The van der Waals surface area contributed by atoms with Gasteiger partial charge in [0.1, 0.15) is 18.5 Å². The molecule has 5 nitrogen and oxygen atoms in total. The molecule has 24 heavy (non-hydrogen) atoms. The van der Waals surface area contributed by atoms with E-state index >= 15 is 0 Å². The molecule has 120 valence electrons. The van der Waals surface area contributed by atoms with Gasteiger partial charge in [0.15, 0.2) is 0 Å². The molecular weight excluding hydrogens is 307 g/mol. The van der Waals surface area contributed by atoms with Gasteiger partial charge in [-0.2, -0.15) is 0 Å². The van der Waals surface area contributed by atoms with Gasteiger partial charge in [-0.05, 0) is 42.3 Å². The van der Waals surface area contributed by atoms with Crippen LogP contribution in [0.1, 0.15) is 28.4 Å². The lowest BCUT2D eigenvalue weighted by Gasteiger charge is -2.41. The lowest BCUT2D eigenvalue weighted by molar-refractivity contribution is 0.0460. The van der Waals surface area contributed by atoms with Crippen molar-refractivity contribution < 1.29 is 9.18 Å². The minimum atomic E-state index is -0.266. The number of rotatable bonds is 3. The van der Waals surface area contributed by atoms with Crippen LogP contribution >= 0.6 is 0 Å². The van der Waals surface area contributed by atoms with Crippen LogP contribution in [0.2, 0.25) is 0 Å². The highest BCUT2D eigenvalue weighted by molar-refractivity contribution is 5.95. The van der Waals surface area contributed by atoms with Gasteiger partial charge in [-0.3, -0.25) is 9.36 Å². The van der Waals surface area contributed by atoms with Gasteiger partial charge in [-0.1, -0.05) is 18.2 Å². The third kappa shape index (κ3) is 2.56. The predicted octanol–water partition coefficient (Wildman–Crippen LogP) is 2.99. The summed E-state index contributed by atoms with van der Waals surface area (Å²) < 4.78 is 14.8. The Labute approximate surface area is 138 Å². The second-order valence-electron chi connectivity index (χ2n) is 5.77. The topological polar surface area (TPSA) is 51.0 Å². The van der Waals surface area contributed by atoms with E-state index in [0.29, 0.717) is 12.1 Å². The highest BCUT2D eigenvalue weighted by atomic mass is 19.1. The van der Waals surface area contributed by atoms with Gasteiger partial charge in [0, 0.05) is 17.8 Å². The van der Waals surface area contributed by atoms with Crippen molar-refractivity contribution in [3.63, 3.8) is 0 Å². The SMILES string of the molecule is O=C(c1cccc(-n2cnnc2)c1)N1CC[C@@H]1c1ccc(F)cc1. The Morgan fingerprint density at radius 1 is 1.08 bits per heavy atom. The molecule has 1 amide bonds. The van der Waals surface area contributed by atoms with E-state index in [9.17, 15) is 9.18 Å². The number of likely N-dealkylation sites (tertiary alicyclic amines) is 1. The number of amides is 1. The molecule has 1 fully saturated rings. The summed E-state index contributed by atoms with van der Waals surface area (Å²) in [5.74, 6) is -0.289. The number of carbonyl (C=O) groups excluding carboxylic acids is 1. The van der Waals surface area contributed by atoms with Crippen LogP contribution in [0.3, 0.4) is 0 Å². The normalized spacial score (nSPS) is 16.7. The van der Waals surface area contributed by atoms with Crippen LogP contribution in [0.4, 0.5) is 4.39 Å². The molecule has 1 saturated heterocycles. The first kappa shape index (κ1) is 14.6. The average molecular weight is 322 g/mol. The summed E-state index contributed by atoms with van der Waals surface area (Å²) in [5, 5.41) is 7.56. The molecule has 4 rings (SSSR count). The van der Waals surface area contributed by atoms with Crippen molar-refractivity contribution in [3.8, 4) is 5.69 Å². The lowest BCUT2D eigenvalue weighted by Crippen LogP contribution is -2.45. The smallest absolute Gasteiger partial charge is 0.254 e. The first-order valence-corrected chi connectivity index (χ1v) is 7.74. The van der Waals surface area contributed by atoms with Crippen LogP contribution in [0.15, 0.2) is 61.2 Å². The summed E-state index contributed by atoms with van der Waals surface area (Å²) in [6.45, 7) is 0.706. The molecule has 0 saturated carbocycles. The van der Waals surface area contributed by atoms with Gasteiger partial charge in [0.2, 0.25) is 0 Å². The first-order valence-electron chi connectivity index (χ1n) is 7.74. The fourth-order valence-electron chi connectivity index (χ4n) is 2.96. The van der Waals surface area contributed by atoms with E-state index in [1.54, 1.807) is 35.4 Å². The van der Waals surface area contributed by atoms with E-state index in [2.05, 4.69) is 10.2 Å². The summed E-state index contributed by atoms with van der Waals surface area (Å²) in [4.78, 5) is 14.6. The molecule has 1 aromatic heterocycles. The molecule has 0 N–H and O–H groups in total. The first-order chi connectivity index (χ1) is 11.7. The minimum Gasteiger partial charge on any atom is -0.331 e. The Bertz CT molecular complexity index is 861. The van der Waals surface area contributed by atoms with Gasteiger partial charge in [0.05, 0.1) is 6.04 Å². The third-order valence-corrected chi connectivity index (χ3v) is 4.35. The van der Waals surface area contributed by atoms with Gasteiger partial charge >= 0.3 is 0 Å². The zero-order valence-electron chi connectivity index (χ0n) is 12.8. The molecular formula is C18H15FN4O. The number of hydrogen-bond acceptors (Lipinski definition) is 3. The summed E-state index contributed by atoms with van der Waals surface area (Å²) >= 11 is 0. The van der Waals surface area contributed by atoms with E-state index < -0.39 is 0 Å². The molecule has 1 aliphatic heterocycles. The van der Waals surface area contributed by atoms with E-state index in [1.165, 1.54) is 12.1 Å². The van der Waals surface area contributed by atoms with E-state index in [1.807, 2.05) is 23.1 Å². The predicted molar refractivity (Wildman–Crippen MR) is 86.2 cm³/mol. The van der Waals surface area contributed by atoms with Crippen molar-refractivity contribution in [1.82, 2.24) is 19.7 Å². The number of carbonyl (C=O) groups is 1. The lowest BCUT2D eigenvalue weighted by atomic mass is 9.93. The minimum absolute atomic E-state index is 0.0108. The zero-order chi connectivity index (χ0) is 16.5. The Morgan fingerprint density at radius 3 is 2.50 bits per heavy atom. The molecule has 1 atom stereocenters. The van der Waals surface area contributed by atoms with Crippen LogP contribution in [0.5, 0.6) is 0 Å². The summed E-state index contributed by atoms with van der Waals surface area (Å²) in [6.07, 6.45) is 4.07. The number of benzene rings is 2. The van der Waals surface area contributed by atoms with E-state index in [4.69, 9.17) is 0 Å². The van der Waals surface area contributed by atoms with Crippen LogP contribution in [0, 0.1) is 5.82 Å². The maximum atomic E-state index is 13.1. The molecule has 2 heterocycles. The largest absolute Gasteiger partial charge is 0.331 e. The van der Waals surface area contributed by atoms with E-state index in [0.717, 1.165) is 17.7 Å². The van der Waals surface area contributed by atoms with Crippen molar-refractivity contribution in [2.45, 2.75) is 12.5 Å². The third-order valence-electron chi connectivity index (χ3n) is 4.35. The number of aromatic nitrogens is 3. The van der Waals surface area contributed by atoms with Crippen LogP contribution < -0.4 is 0 Å². The van der Waals surface area contributed by atoms with Crippen molar-refractivity contribution in [2.24, 2.45) is 0 Å². The number of nitrogens with zero attached hydrogens (tertiary/aromatic N) is 4. The van der Waals surface area contributed by atoms with Crippen LogP contribution in [-0.2, 0) is 0 Å². The van der Waals surface area contributed by atoms with E-state index in [-0.39, 0.29) is 17.8 Å². The molecule has 2 aromatic carbocycles.